The van der Waals surface area contributed by atoms with Crippen molar-refractivity contribution in [2.75, 3.05) is 46.3 Å². The van der Waals surface area contributed by atoms with E-state index >= 15 is 0 Å². The lowest BCUT2D eigenvalue weighted by molar-refractivity contribution is 0.0616. The van der Waals surface area contributed by atoms with Crippen LogP contribution in [0.2, 0.25) is 0 Å². The maximum absolute atomic E-state index is 2.76. The molecule has 18 heavy (non-hydrogen) atoms. The number of hydrogen-bond donors (Lipinski definition) is 0. The average Bonchev–Trinajstić information content (AvgIpc) is 3.27. The van der Waals surface area contributed by atoms with Gasteiger partial charge in [-0.05, 0) is 45.8 Å². The van der Waals surface area contributed by atoms with Crippen molar-refractivity contribution >= 4 is 0 Å². The molecule has 0 radical (unpaired) electrons. The Hall–Kier alpha value is -0.120. The summed E-state index contributed by atoms with van der Waals surface area (Å²) < 4.78 is 0. The number of piperazine rings is 1. The van der Waals surface area contributed by atoms with Gasteiger partial charge in [0.05, 0.1) is 0 Å². The Morgan fingerprint density at radius 2 is 1.00 bits per heavy atom. The van der Waals surface area contributed by atoms with Crippen molar-refractivity contribution in [1.82, 2.24) is 14.7 Å². The fraction of sp³-hybridized carbons (Fsp3) is 1.00. The van der Waals surface area contributed by atoms with Crippen LogP contribution in [0.15, 0.2) is 0 Å². The van der Waals surface area contributed by atoms with Crippen LogP contribution in [0, 0.1) is 0 Å². The van der Waals surface area contributed by atoms with Crippen LogP contribution in [-0.4, -0.2) is 73.1 Å². The highest BCUT2D eigenvalue weighted by atomic mass is 15.3. The SMILES string of the molecule is CC.CN1CCC(N2CCN(C3CC3)CC2)CC1. The van der Waals surface area contributed by atoms with E-state index in [0.29, 0.717) is 0 Å². The molecular weight excluding hydrogens is 222 g/mol. The summed E-state index contributed by atoms with van der Waals surface area (Å²) in [6, 6.07) is 1.86. The zero-order chi connectivity index (χ0) is 13.0. The van der Waals surface area contributed by atoms with Gasteiger partial charge in [0, 0.05) is 38.3 Å². The molecule has 0 aromatic rings. The Morgan fingerprint density at radius 3 is 1.39 bits per heavy atom. The van der Waals surface area contributed by atoms with Crippen LogP contribution >= 0.6 is 0 Å². The third kappa shape index (κ3) is 3.69. The molecule has 3 rings (SSSR count). The molecule has 0 bridgehead atoms. The molecule has 0 N–H and O–H groups in total. The van der Waals surface area contributed by atoms with E-state index < -0.39 is 0 Å². The normalized spacial score (nSPS) is 28.8. The molecule has 1 aliphatic carbocycles. The van der Waals surface area contributed by atoms with E-state index in [1.165, 1.54) is 65.0 Å². The van der Waals surface area contributed by atoms with Gasteiger partial charge in [-0.25, -0.2) is 0 Å². The molecular formula is C15H31N3. The first kappa shape index (κ1) is 14.3. The predicted octanol–water partition coefficient (Wildman–Crippen LogP) is 1.89. The van der Waals surface area contributed by atoms with E-state index in [2.05, 4.69) is 21.7 Å². The van der Waals surface area contributed by atoms with Crippen molar-refractivity contribution in [2.45, 2.75) is 51.6 Å². The van der Waals surface area contributed by atoms with Gasteiger partial charge < -0.3 is 4.90 Å². The molecule has 0 atom stereocenters. The van der Waals surface area contributed by atoms with Gasteiger partial charge in [0.2, 0.25) is 0 Å². The molecule has 0 aromatic carbocycles. The molecule has 0 amide bonds. The van der Waals surface area contributed by atoms with Gasteiger partial charge in [-0.3, -0.25) is 9.80 Å². The minimum Gasteiger partial charge on any atom is -0.306 e. The van der Waals surface area contributed by atoms with Crippen LogP contribution in [0.1, 0.15) is 39.5 Å². The van der Waals surface area contributed by atoms with Crippen molar-refractivity contribution in [1.29, 1.82) is 0 Å². The number of likely N-dealkylation sites (tertiary alicyclic amines) is 1. The maximum Gasteiger partial charge on any atom is 0.0121 e. The molecule has 2 saturated heterocycles. The highest BCUT2D eigenvalue weighted by Gasteiger charge is 2.33. The lowest BCUT2D eigenvalue weighted by Crippen LogP contribution is -2.53. The molecule has 106 valence electrons. The van der Waals surface area contributed by atoms with Crippen LogP contribution in [0.5, 0.6) is 0 Å². The van der Waals surface area contributed by atoms with Crippen LogP contribution in [0.3, 0.4) is 0 Å². The molecule has 3 heteroatoms. The van der Waals surface area contributed by atoms with Crippen molar-refractivity contribution in [3.63, 3.8) is 0 Å². The first-order valence-electron chi connectivity index (χ1n) is 7.99. The number of hydrogen-bond acceptors (Lipinski definition) is 3. The molecule has 2 heterocycles. The van der Waals surface area contributed by atoms with E-state index in [1.807, 2.05) is 13.8 Å². The second-order valence-corrected chi connectivity index (χ2v) is 5.84. The first-order valence-corrected chi connectivity index (χ1v) is 7.99. The lowest BCUT2D eigenvalue weighted by atomic mass is 10.0. The number of nitrogens with zero attached hydrogens (tertiary/aromatic N) is 3. The lowest BCUT2D eigenvalue weighted by Gasteiger charge is -2.42. The standard InChI is InChI=1S/C13H25N3.C2H6/c1-14-6-4-13(5-7-14)16-10-8-15(9-11-16)12-2-3-12;1-2/h12-13H,2-11H2,1H3;1-2H3. The van der Waals surface area contributed by atoms with Gasteiger partial charge in [-0.15, -0.1) is 0 Å². The number of rotatable bonds is 2. The van der Waals surface area contributed by atoms with Gasteiger partial charge in [0.1, 0.15) is 0 Å². The summed E-state index contributed by atoms with van der Waals surface area (Å²) in [5.74, 6) is 0. The fourth-order valence-electron chi connectivity index (χ4n) is 3.27. The minimum atomic E-state index is 0.887. The fourth-order valence-corrected chi connectivity index (χ4v) is 3.27. The molecule has 0 unspecified atom stereocenters. The van der Waals surface area contributed by atoms with Gasteiger partial charge in [-0.2, -0.15) is 0 Å². The van der Waals surface area contributed by atoms with Crippen molar-refractivity contribution in [3.05, 3.63) is 0 Å². The van der Waals surface area contributed by atoms with Gasteiger partial charge in [-0.1, -0.05) is 13.8 Å². The zero-order valence-electron chi connectivity index (χ0n) is 12.6. The van der Waals surface area contributed by atoms with E-state index in [9.17, 15) is 0 Å². The second-order valence-electron chi connectivity index (χ2n) is 5.84. The molecule has 3 nitrogen and oxygen atoms in total. The zero-order valence-corrected chi connectivity index (χ0v) is 12.6. The molecule has 2 aliphatic heterocycles. The van der Waals surface area contributed by atoms with Gasteiger partial charge >= 0.3 is 0 Å². The smallest absolute Gasteiger partial charge is 0.0121 e. The Morgan fingerprint density at radius 1 is 0.611 bits per heavy atom. The van der Waals surface area contributed by atoms with Crippen LogP contribution in [0.4, 0.5) is 0 Å². The minimum absolute atomic E-state index is 0.887. The summed E-state index contributed by atoms with van der Waals surface area (Å²) in [6.45, 7) is 11.9. The summed E-state index contributed by atoms with van der Waals surface area (Å²) in [5.41, 5.74) is 0. The Kier molecular flexibility index (Phi) is 5.46. The van der Waals surface area contributed by atoms with Crippen molar-refractivity contribution in [2.24, 2.45) is 0 Å². The molecule has 1 saturated carbocycles. The monoisotopic (exact) mass is 253 g/mol. The second kappa shape index (κ2) is 6.88. The van der Waals surface area contributed by atoms with Gasteiger partial charge in [0.25, 0.3) is 0 Å². The Bertz CT molecular complexity index is 224. The summed E-state index contributed by atoms with van der Waals surface area (Å²) >= 11 is 0. The van der Waals surface area contributed by atoms with E-state index in [0.717, 1.165) is 12.1 Å². The highest BCUT2D eigenvalue weighted by Crippen LogP contribution is 2.28. The highest BCUT2D eigenvalue weighted by molar-refractivity contribution is 4.89. The molecule has 0 spiro atoms. The summed E-state index contributed by atoms with van der Waals surface area (Å²) in [5, 5.41) is 0. The van der Waals surface area contributed by atoms with E-state index in [-0.39, 0.29) is 0 Å². The summed E-state index contributed by atoms with van der Waals surface area (Å²) in [4.78, 5) is 7.94. The third-order valence-corrected chi connectivity index (χ3v) is 4.62. The van der Waals surface area contributed by atoms with E-state index in [4.69, 9.17) is 0 Å². The van der Waals surface area contributed by atoms with Crippen molar-refractivity contribution < 1.29 is 0 Å². The Balaban J connectivity index is 0.000000574. The molecule has 3 aliphatic rings. The quantitative estimate of drug-likeness (QED) is 0.744. The van der Waals surface area contributed by atoms with Gasteiger partial charge in [0.15, 0.2) is 0 Å². The number of piperidine rings is 1. The maximum atomic E-state index is 2.76. The van der Waals surface area contributed by atoms with Crippen LogP contribution in [-0.2, 0) is 0 Å². The van der Waals surface area contributed by atoms with Crippen molar-refractivity contribution in [3.8, 4) is 0 Å². The largest absolute Gasteiger partial charge is 0.306 e. The summed E-state index contributed by atoms with van der Waals surface area (Å²) in [6.07, 6.45) is 5.71. The first-order chi connectivity index (χ1) is 8.83. The molecule has 3 fully saturated rings. The summed E-state index contributed by atoms with van der Waals surface area (Å²) in [7, 11) is 2.25. The molecule has 0 aromatic heterocycles. The van der Waals surface area contributed by atoms with E-state index in [1.54, 1.807) is 0 Å². The predicted molar refractivity (Wildman–Crippen MR) is 78.0 cm³/mol. The van der Waals surface area contributed by atoms with Crippen LogP contribution < -0.4 is 0 Å². The average molecular weight is 253 g/mol. The Labute approximate surface area is 113 Å². The third-order valence-electron chi connectivity index (χ3n) is 4.62. The topological polar surface area (TPSA) is 9.72 Å². The van der Waals surface area contributed by atoms with Crippen LogP contribution in [0.25, 0.3) is 0 Å².